The minimum Gasteiger partial charge on any atom is -0.502 e. The monoisotopic (exact) mass is 315 g/mol. The zero-order valence-electron chi connectivity index (χ0n) is 11.5. The molecule has 2 N–H and O–H groups in total. The van der Waals surface area contributed by atoms with E-state index in [9.17, 15) is 23.6 Å². The molecule has 0 radical (unpaired) electrons. The molecule has 1 atom stereocenters. The first-order valence-electron chi connectivity index (χ1n) is 6.58. The summed E-state index contributed by atoms with van der Waals surface area (Å²) in [5, 5.41) is 23.3. The van der Waals surface area contributed by atoms with Gasteiger partial charge in [0.05, 0.1) is 9.82 Å². The van der Waals surface area contributed by atoms with Crippen LogP contribution in [0, 0.1) is 10.1 Å². The average molecular weight is 315 g/mol. The number of nitrogens with one attached hydrogen (secondary N) is 1. The van der Waals surface area contributed by atoms with Crippen molar-refractivity contribution in [3.05, 3.63) is 28.3 Å². The van der Waals surface area contributed by atoms with Gasteiger partial charge in [-0.2, -0.15) is 4.31 Å². The maximum Gasteiger partial charge on any atom is 0.312 e. The Hall–Kier alpha value is -1.71. The van der Waals surface area contributed by atoms with Crippen LogP contribution >= 0.6 is 0 Å². The van der Waals surface area contributed by atoms with Crippen LogP contribution < -0.4 is 5.32 Å². The number of hydrogen-bond acceptors (Lipinski definition) is 6. The number of rotatable bonds is 5. The molecule has 1 aliphatic rings. The van der Waals surface area contributed by atoms with E-state index in [0.717, 1.165) is 18.7 Å². The molecule has 0 bridgehead atoms. The molecule has 0 spiro atoms. The summed E-state index contributed by atoms with van der Waals surface area (Å²) in [4.78, 5) is 9.84. The van der Waals surface area contributed by atoms with Crippen molar-refractivity contribution in [1.82, 2.24) is 9.62 Å². The van der Waals surface area contributed by atoms with Gasteiger partial charge in [0, 0.05) is 25.2 Å². The maximum absolute atomic E-state index is 12.6. The van der Waals surface area contributed by atoms with Crippen LogP contribution in [0.15, 0.2) is 23.1 Å². The normalized spacial score (nSPS) is 19.0. The summed E-state index contributed by atoms with van der Waals surface area (Å²) < 4.78 is 26.6. The highest BCUT2D eigenvalue weighted by molar-refractivity contribution is 7.89. The first kappa shape index (κ1) is 15.7. The molecule has 2 rings (SSSR count). The molecule has 1 aromatic carbocycles. The smallest absolute Gasteiger partial charge is 0.312 e. The Kier molecular flexibility index (Phi) is 4.45. The Morgan fingerprint density at radius 1 is 1.52 bits per heavy atom. The molecular formula is C12H17N3O5S. The summed E-state index contributed by atoms with van der Waals surface area (Å²) in [6.45, 7) is 3.31. The molecule has 116 valence electrons. The number of nitrogens with zero attached hydrogens (tertiary/aromatic N) is 2. The third-order valence-electron chi connectivity index (χ3n) is 3.50. The van der Waals surface area contributed by atoms with E-state index < -0.39 is 26.4 Å². The third kappa shape index (κ3) is 2.99. The topological polar surface area (TPSA) is 113 Å². The van der Waals surface area contributed by atoms with Crippen LogP contribution in [0.5, 0.6) is 5.75 Å². The average Bonchev–Trinajstić information content (AvgIpc) is 2.93. The molecule has 0 aromatic heterocycles. The van der Waals surface area contributed by atoms with Gasteiger partial charge in [-0.25, -0.2) is 8.42 Å². The fraction of sp³-hybridized carbons (Fsp3) is 0.500. The van der Waals surface area contributed by atoms with Crippen molar-refractivity contribution in [1.29, 1.82) is 0 Å². The molecule has 0 aliphatic carbocycles. The second-order valence-corrected chi connectivity index (χ2v) is 6.65. The number of aromatic hydroxyl groups is 1. The van der Waals surface area contributed by atoms with Crippen molar-refractivity contribution in [3.63, 3.8) is 0 Å². The van der Waals surface area contributed by atoms with Gasteiger partial charge < -0.3 is 10.4 Å². The summed E-state index contributed by atoms with van der Waals surface area (Å²) >= 11 is 0. The van der Waals surface area contributed by atoms with Gasteiger partial charge in [-0.3, -0.25) is 10.1 Å². The fourth-order valence-corrected chi connectivity index (χ4v) is 4.14. The second-order valence-electron chi connectivity index (χ2n) is 4.76. The van der Waals surface area contributed by atoms with Gasteiger partial charge >= 0.3 is 5.69 Å². The molecule has 1 heterocycles. The molecule has 21 heavy (non-hydrogen) atoms. The summed E-state index contributed by atoms with van der Waals surface area (Å²) in [7, 11) is -3.83. The first-order chi connectivity index (χ1) is 9.87. The molecule has 0 amide bonds. The number of phenolic OH excluding ortho intramolecular Hbond substituents is 1. The Bertz CT molecular complexity index is 640. The van der Waals surface area contributed by atoms with Crippen molar-refractivity contribution >= 4 is 15.7 Å². The van der Waals surface area contributed by atoms with Gasteiger partial charge in [0.1, 0.15) is 0 Å². The van der Waals surface area contributed by atoms with Crippen molar-refractivity contribution in [2.75, 3.05) is 19.6 Å². The van der Waals surface area contributed by atoms with E-state index >= 15 is 0 Å². The number of hydrogen-bond donors (Lipinski definition) is 2. The third-order valence-corrected chi connectivity index (χ3v) is 5.53. The number of sulfonamides is 1. The number of likely N-dealkylation sites (N-methyl/N-ethyl adjacent to an activating group) is 1. The van der Waals surface area contributed by atoms with Crippen LogP contribution in [-0.4, -0.2) is 48.4 Å². The van der Waals surface area contributed by atoms with E-state index in [2.05, 4.69) is 5.32 Å². The molecule has 1 saturated heterocycles. The van der Waals surface area contributed by atoms with E-state index in [4.69, 9.17) is 0 Å². The van der Waals surface area contributed by atoms with Crippen LogP contribution in [0.3, 0.4) is 0 Å². The van der Waals surface area contributed by atoms with Gasteiger partial charge in [0.25, 0.3) is 0 Å². The number of nitro benzene ring substituents is 1. The molecule has 1 aromatic rings. The van der Waals surface area contributed by atoms with Gasteiger partial charge in [0.2, 0.25) is 10.0 Å². The number of nitro groups is 1. The lowest BCUT2D eigenvalue weighted by atomic mass is 10.3. The Morgan fingerprint density at radius 3 is 2.76 bits per heavy atom. The zero-order valence-corrected chi connectivity index (χ0v) is 12.3. The van der Waals surface area contributed by atoms with Crippen LogP contribution in [0.4, 0.5) is 5.69 Å². The largest absolute Gasteiger partial charge is 0.502 e. The SMILES string of the molecule is CCN(C1CCNC1)S(=O)(=O)c1ccc(O)c([N+](=O)[O-])c1. The standard InChI is InChI=1S/C12H17N3O5S/c1-2-14(9-5-6-13-8-9)21(19,20)10-3-4-12(16)11(7-10)15(17)18/h3-4,7,9,13,16H,2,5-6,8H2,1H3. The lowest BCUT2D eigenvalue weighted by molar-refractivity contribution is -0.386. The predicted octanol–water partition coefficient (Wildman–Crippen LogP) is 0.673. The zero-order chi connectivity index (χ0) is 15.6. The molecule has 1 fully saturated rings. The van der Waals surface area contributed by atoms with Crippen molar-refractivity contribution in [2.45, 2.75) is 24.3 Å². The summed E-state index contributed by atoms with van der Waals surface area (Å²) in [6.07, 6.45) is 0.702. The van der Waals surface area contributed by atoms with Crippen molar-refractivity contribution < 1.29 is 18.4 Å². The fourth-order valence-electron chi connectivity index (χ4n) is 2.45. The lowest BCUT2D eigenvalue weighted by Crippen LogP contribution is -2.41. The van der Waals surface area contributed by atoms with Gasteiger partial charge in [-0.1, -0.05) is 6.92 Å². The molecular weight excluding hydrogens is 298 g/mol. The van der Waals surface area contributed by atoms with Crippen LogP contribution in [0.25, 0.3) is 0 Å². The molecule has 9 heteroatoms. The van der Waals surface area contributed by atoms with Crippen molar-refractivity contribution in [2.24, 2.45) is 0 Å². The molecule has 8 nitrogen and oxygen atoms in total. The number of benzene rings is 1. The second kappa shape index (κ2) is 5.96. The maximum atomic E-state index is 12.6. The van der Waals surface area contributed by atoms with Gasteiger partial charge in [-0.15, -0.1) is 0 Å². The van der Waals surface area contributed by atoms with Crippen LogP contribution in [0.2, 0.25) is 0 Å². The van der Waals surface area contributed by atoms with Gasteiger partial charge in [0.15, 0.2) is 5.75 Å². The number of phenols is 1. The Labute approximate surface area is 122 Å². The van der Waals surface area contributed by atoms with E-state index in [0.29, 0.717) is 13.0 Å². The minimum absolute atomic E-state index is 0.159. The lowest BCUT2D eigenvalue weighted by Gasteiger charge is -2.26. The molecule has 1 aliphatic heterocycles. The first-order valence-corrected chi connectivity index (χ1v) is 8.02. The molecule has 0 saturated carbocycles. The highest BCUT2D eigenvalue weighted by atomic mass is 32.2. The minimum atomic E-state index is -3.83. The van der Waals surface area contributed by atoms with Crippen LogP contribution in [0.1, 0.15) is 13.3 Å². The molecule has 1 unspecified atom stereocenters. The van der Waals surface area contributed by atoms with Gasteiger partial charge in [-0.05, 0) is 25.1 Å². The Morgan fingerprint density at radius 2 is 2.24 bits per heavy atom. The highest BCUT2D eigenvalue weighted by Gasteiger charge is 2.33. The Balaban J connectivity index is 2.42. The summed E-state index contributed by atoms with van der Waals surface area (Å²) in [5.74, 6) is -0.551. The highest BCUT2D eigenvalue weighted by Crippen LogP contribution is 2.30. The van der Waals surface area contributed by atoms with E-state index in [1.54, 1.807) is 6.92 Å². The van der Waals surface area contributed by atoms with Crippen molar-refractivity contribution in [3.8, 4) is 5.75 Å². The quantitative estimate of drug-likeness (QED) is 0.610. The van der Waals surface area contributed by atoms with E-state index in [1.165, 1.54) is 10.4 Å². The predicted molar refractivity (Wildman–Crippen MR) is 75.6 cm³/mol. The van der Waals surface area contributed by atoms with Crippen LogP contribution in [-0.2, 0) is 10.0 Å². The van der Waals surface area contributed by atoms with E-state index in [-0.39, 0.29) is 17.5 Å². The summed E-state index contributed by atoms with van der Waals surface area (Å²) in [5.41, 5.74) is -0.614. The summed E-state index contributed by atoms with van der Waals surface area (Å²) in [6, 6.07) is 2.96. The van der Waals surface area contributed by atoms with E-state index in [1.807, 2.05) is 0 Å².